The summed E-state index contributed by atoms with van der Waals surface area (Å²) >= 11 is 11.1. The summed E-state index contributed by atoms with van der Waals surface area (Å²) in [6.45, 7) is 1.83. The van der Waals surface area contributed by atoms with Crippen LogP contribution >= 0.6 is 23.2 Å². The zero-order valence-corrected chi connectivity index (χ0v) is 18.3. The molecule has 4 rings (SSSR count). The molecule has 2 aromatic carbocycles. The molecule has 1 heterocycles. The molecule has 1 aliphatic carbocycles. The Labute approximate surface area is 187 Å². The quantitative estimate of drug-likeness (QED) is 0.695. The summed E-state index contributed by atoms with van der Waals surface area (Å²) in [5.74, 6) is -0.517. The third-order valence-electron chi connectivity index (χ3n) is 4.80. The molecule has 2 aromatic rings. The molecular weight excluding hydrogens is 425 g/mol. The maximum atomic E-state index is 11.9. The lowest BCUT2D eigenvalue weighted by atomic mass is 9.85. The molecule has 0 aromatic heterocycles. The second-order valence-electron chi connectivity index (χ2n) is 7.13. The van der Waals surface area contributed by atoms with Crippen LogP contribution in [0.3, 0.4) is 0 Å². The molecule has 2 fully saturated rings. The Morgan fingerprint density at radius 3 is 1.90 bits per heavy atom. The number of rotatable bonds is 4. The molecular formula is C23H27Cl2NO4. The van der Waals surface area contributed by atoms with Gasteiger partial charge >= 0.3 is 5.97 Å². The van der Waals surface area contributed by atoms with Gasteiger partial charge in [0.2, 0.25) is 0 Å². The Hall–Kier alpha value is -2.08. The van der Waals surface area contributed by atoms with Gasteiger partial charge in [-0.1, -0.05) is 66.0 Å². The van der Waals surface area contributed by atoms with Crippen LogP contribution in [0.5, 0.6) is 0 Å². The molecule has 162 valence electrons. The van der Waals surface area contributed by atoms with E-state index in [2.05, 4.69) is 0 Å². The number of aliphatic carboxylic acids is 1. The normalized spacial score (nSPS) is 18.3. The van der Waals surface area contributed by atoms with Crippen LogP contribution < -0.4 is 0 Å². The van der Waals surface area contributed by atoms with Crippen LogP contribution in [0.15, 0.2) is 60.7 Å². The third kappa shape index (κ3) is 9.16. The van der Waals surface area contributed by atoms with E-state index in [9.17, 15) is 9.59 Å². The number of carbonyl (C=O) groups excluding carboxylic acids is 1. The Kier molecular flexibility index (Phi) is 10.7. The smallest absolute Gasteiger partial charge is 0.306 e. The highest BCUT2D eigenvalue weighted by Crippen LogP contribution is 2.28. The fraction of sp³-hybridized carbons (Fsp3) is 0.391. The van der Waals surface area contributed by atoms with E-state index in [0.717, 1.165) is 16.6 Å². The van der Waals surface area contributed by atoms with Gasteiger partial charge in [0.1, 0.15) is 6.10 Å². The monoisotopic (exact) mass is 451 g/mol. The minimum Gasteiger partial charge on any atom is -0.481 e. The number of morpholine rings is 1. The first-order valence-electron chi connectivity index (χ1n) is 9.99. The van der Waals surface area contributed by atoms with Gasteiger partial charge in [-0.3, -0.25) is 9.59 Å². The lowest BCUT2D eigenvalue weighted by Gasteiger charge is -2.36. The molecule has 1 aliphatic heterocycles. The molecule has 1 amide bonds. The number of benzene rings is 2. The molecule has 1 saturated carbocycles. The van der Waals surface area contributed by atoms with Crippen molar-refractivity contribution in [1.82, 2.24) is 4.90 Å². The minimum absolute atomic E-state index is 0.152. The summed E-state index contributed by atoms with van der Waals surface area (Å²) in [5.41, 5.74) is 0. The zero-order valence-electron chi connectivity index (χ0n) is 16.8. The lowest BCUT2D eigenvalue weighted by Crippen LogP contribution is -2.50. The van der Waals surface area contributed by atoms with E-state index in [4.69, 9.17) is 33.0 Å². The largest absolute Gasteiger partial charge is 0.481 e. The molecule has 1 atom stereocenters. The fourth-order valence-corrected chi connectivity index (χ4v) is 3.28. The van der Waals surface area contributed by atoms with Gasteiger partial charge in [-0.2, -0.15) is 0 Å². The molecule has 0 radical (unpaired) electrons. The number of hydrogen-bond donors (Lipinski definition) is 1. The molecule has 1 N–H and O–H groups in total. The summed E-state index contributed by atoms with van der Waals surface area (Å²) in [7, 11) is 0. The number of hydrogen-bond acceptors (Lipinski definition) is 3. The summed E-state index contributed by atoms with van der Waals surface area (Å²) in [4.78, 5) is 24.2. The highest BCUT2D eigenvalue weighted by molar-refractivity contribution is 6.30. The van der Waals surface area contributed by atoms with Crippen molar-refractivity contribution in [1.29, 1.82) is 0 Å². The number of nitrogens with zero attached hydrogens (tertiary/aromatic N) is 1. The van der Waals surface area contributed by atoms with Gasteiger partial charge in [0.05, 0.1) is 13.0 Å². The number of carboxylic acids is 1. The van der Waals surface area contributed by atoms with Crippen LogP contribution in [0.4, 0.5) is 0 Å². The number of halogens is 2. The predicted octanol–water partition coefficient (Wildman–Crippen LogP) is 5.17. The van der Waals surface area contributed by atoms with E-state index >= 15 is 0 Å². The Balaban J connectivity index is 0.000000188. The van der Waals surface area contributed by atoms with Crippen LogP contribution in [0.25, 0.3) is 0 Å². The molecule has 7 heteroatoms. The second kappa shape index (κ2) is 13.3. The minimum atomic E-state index is -0.983. The molecule has 0 unspecified atom stereocenters. The zero-order chi connectivity index (χ0) is 21.8. The third-order valence-corrected chi connectivity index (χ3v) is 5.30. The summed E-state index contributed by atoms with van der Waals surface area (Å²) < 4.78 is 5.19. The van der Waals surface area contributed by atoms with Gasteiger partial charge in [-0.15, -0.1) is 0 Å². The van der Waals surface area contributed by atoms with Gasteiger partial charge in [-0.05, 0) is 43.0 Å². The fourth-order valence-electron chi connectivity index (χ4n) is 2.99. The van der Waals surface area contributed by atoms with E-state index in [1.54, 1.807) is 4.90 Å². The van der Waals surface area contributed by atoms with Gasteiger partial charge in [0.15, 0.2) is 0 Å². The van der Waals surface area contributed by atoms with Crippen LogP contribution in [-0.2, 0) is 14.3 Å². The first-order chi connectivity index (χ1) is 14.5. The Morgan fingerprint density at radius 1 is 1.00 bits per heavy atom. The SMILES string of the molecule is Clc1ccccc1.Clc1ccccc1.O=C(O)C[C@H]1OCCN(CC2CCC2)C1=O. The van der Waals surface area contributed by atoms with Gasteiger partial charge in [0.25, 0.3) is 5.91 Å². The lowest BCUT2D eigenvalue weighted by molar-refractivity contribution is -0.160. The topological polar surface area (TPSA) is 66.8 Å². The van der Waals surface area contributed by atoms with Crippen LogP contribution in [0, 0.1) is 5.92 Å². The highest BCUT2D eigenvalue weighted by atomic mass is 35.5. The maximum absolute atomic E-state index is 11.9. The average Bonchev–Trinajstić information content (AvgIpc) is 2.69. The summed E-state index contributed by atoms with van der Waals surface area (Å²) in [6, 6.07) is 18.9. The standard InChI is InChI=1S/C11H17NO4.2C6H5Cl/c13-10(14)6-9-11(15)12(4-5-16-9)7-8-2-1-3-8;2*7-6-4-2-1-3-5-6/h8-9H,1-7H2,(H,13,14);2*1-5H/t9-;;/m1../s1. The van der Waals surface area contributed by atoms with Crippen molar-refractivity contribution in [2.75, 3.05) is 19.7 Å². The second-order valence-corrected chi connectivity index (χ2v) is 8.00. The van der Waals surface area contributed by atoms with Crippen molar-refractivity contribution in [2.45, 2.75) is 31.8 Å². The number of ether oxygens (including phenoxy) is 1. The van der Waals surface area contributed by atoms with Gasteiger partial charge in [0, 0.05) is 23.1 Å². The van der Waals surface area contributed by atoms with Gasteiger partial charge < -0.3 is 14.7 Å². The molecule has 0 spiro atoms. The number of carboxylic acid groups (broad SMARTS) is 1. The van der Waals surface area contributed by atoms with Crippen LogP contribution in [0.2, 0.25) is 10.0 Å². The average molecular weight is 452 g/mol. The van der Waals surface area contributed by atoms with E-state index < -0.39 is 12.1 Å². The number of carbonyl (C=O) groups is 2. The van der Waals surface area contributed by atoms with E-state index in [1.807, 2.05) is 60.7 Å². The van der Waals surface area contributed by atoms with E-state index in [-0.39, 0.29) is 12.3 Å². The van der Waals surface area contributed by atoms with Crippen molar-refractivity contribution in [3.63, 3.8) is 0 Å². The highest BCUT2D eigenvalue weighted by Gasteiger charge is 2.33. The molecule has 5 nitrogen and oxygen atoms in total. The molecule has 1 saturated heterocycles. The van der Waals surface area contributed by atoms with Crippen molar-refractivity contribution >= 4 is 35.1 Å². The Morgan fingerprint density at radius 2 is 1.53 bits per heavy atom. The van der Waals surface area contributed by atoms with Crippen molar-refractivity contribution < 1.29 is 19.4 Å². The molecule has 30 heavy (non-hydrogen) atoms. The van der Waals surface area contributed by atoms with Crippen molar-refractivity contribution in [3.05, 3.63) is 70.7 Å². The van der Waals surface area contributed by atoms with Gasteiger partial charge in [-0.25, -0.2) is 0 Å². The Bertz CT molecular complexity index is 732. The predicted molar refractivity (Wildman–Crippen MR) is 119 cm³/mol. The first kappa shape index (κ1) is 24.2. The number of amides is 1. The summed E-state index contributed by atoms with van der Waals surface area (Å²) in [5, 5.41) is 10.2. The summed E-state index contributed by atoms with van der Waals surface area (Å²) in [6.07, 6.45) is 2.64. The molecule has 0 bridgehead atoms. The molecule has 2 aliphatic rings. The van der Waals surface area contributed by atoms with Crippen LogP contribution in [0.1, 0.15) is 25.7 Å². The first-order valence-corrected chi connectivity index (χ1v) is 10.7. The van der Waals surface area contributed by atoms with E-state index in [1.165, 1.54) is 19.3 Å². The van der Waals surface area contributed by atoms with Crippen molar-refractivity contribution in [3.8, 4) is 0 Å². The van der Waals surface area contributed by atoms with Crippen LogP contribution in [-0.4, -0.2) is 47.7 Å². The van der Waals surface area contributed by atoms with Crippen molar-refractivity contribution in [2.24, 2.45) is 5.92 Å². The van der Waals surface area contributed by atoms with E-state index in [0.29, 0.717) is 19.1 Å². The maximum Gasteiger partial charge on any atom is 0.306 e.